The molecule has 0 unspecified atom stereocenters. The molecule has 1 heterocycles. The van der Waals surface area contributed by atoms with Crippen molar-refractivity contribution in [3.63, 3.8) is 0 Å². The molecule has 0 atom stereocenters. The third kappa shape index (κ3) is 14.6. The summed E-state index contributed by atoms with van der Waals surface area (Å²) in [6.07, 6.45) is 9.12. The van der Waals surface area contributed by atoms with Crippen molar-refractivity contribution in [2.75, 3.05) is 39.3 Å². The summed E-state index contributed by atoms with van der Waals surface area (Å²) in [5, 5.41) is 48.0. The number of halogens is 4. The number of rotatable bonds is 6. The van der Waals surface area contributed by atoms with Gasteiger partial charge in [-0.1, -0.05) is 107 Å². The van der Waals surface area contributed by atoms with Gasteiger partial charge < -0.3 is 20.4 Å². The zero-order chi connectivity index (χ0) is 47.8. The number of hydrogen-bond acceptors (Lipinski definition) is 10. The monoisotopic (exact) mass is 990 g/mol. The molecule has 10 nitrogen and oxygen atoms in total. The molecule has 68 heavy (non-hydrogen) atoms. The molecule has 7 rings (SSSR count). The lowest BCUT2D eigenvalue weighted by Crippen LogP contribution is -2.25. The summed E-state index contributed by atoms with van der Waals surface area (Å²) in [6, 6.07) is 34.0. The number of aliphatic imine (C=N–C) groups is 4. The van der Waals surface area contributed by atoms with Crippen molar-refractivity contribution in [1.82, 2.24) is 9.80 Å². The molecule has 0 aromatic heterocycles. The normalized spacial score (nSPS) is 14.9. The highest BCUT2D eigenvalue weighted by Crippen LogP contribution is 2.33. The largest absolute Gasteiger partial charge is 0.507 e. The molecule has 352 valence electrons. The van der Waals surface area contributed by atoms with Gasteiger partial charge in [0.05, 0.1) is 0 Å². The van der Waals surface area contributed by atoms with Crippen molar-refractivity contribution in [2.24, 2.45) is 20.0 Å². The summed E-state index contributed by atoms with van der Waals surface area (Å²) >= 11 is 26.6. The first-order valence-corrected chi connectivity index (χ1v) is 24.1. The summed E-state index contributed by atoms with van der Waals surface area (Å²) < 4.78 is 0. The fourth-order valence-electron chi connectivity index (χ4n) is 8.00. The van der Waals surface area contributed by atoms with Crippen LogP contribution >= 0.6 is 46.4 Å². The molecule has 14 heteroatoms. The molecule has 6 aromatic carbocycles. The number of nitrogens with zero attached hydrogens (tertiary/aromatic N) is 6. The van der Waals surface area contributed by atoms with Crippen LogP contribution < -0.4 is 0 Å². The van der Waals surface area contributed by atoms with Crippen LogP contribution in [0.3, 0.4) is 0 Å². The Morgan fingerprint density at radius 1 is 0.382 bits per heavy atom. The molecule has 6 aromatic rings. The standard InChI is InChI=1S/C54H54Cl4N6O4/c55-47-21-39-29-59-15-7-17-61-31-41-23-49(57)27-45(53(41)67)35-64(20-14-38-11-5-2-6-12-38)36-46-28-50(58)24-42(54(46)68)32-62-18-8-16-60-30-40-22-48(56)26-44(52(40)66)34-63(33-43(25-47)51(39)65)19-13-37-9-3-1-4-10-37/h1-6,9-12,21-32,65-68H,7-8,13-20,33-36H2. The maximum absolute atomic E-state index is 11.5. The lowest BCUT2D eigenvalue weighted by Gasteiger charge is -2.24. The van der Waals surface area contributed by atoms with E-state index >= 15 is 0 Å². The molecule has 0 spiro atoms. The van der Waals surface area contributed by atoms with Crippen LogP contribution in [0, 0.1) is 0 Å². The van der Waals surface area contributed by atoms with E-state index < -0.39 is 0 Å². The maximum atomic E-state index is 11.5. The Hall–Kier alpha value is -5.72. The molecular weight excluding hydrogens is 938 g/mol. The zero-order valence-corrected chi connectivity index (χ0v) is 40.6. The van der Waals surface area contributed by atoms with Crippen LogP contribution in [0.5, 0.6) is 23.0 Å². The van der Waals surface area contributed by atoms with Gasteiger partial charge in [-0.15, -0.1) is 0 Å². The average Bonchev–Trinajstić information content (AvgIpc) is 3.32. The van der Waals surface area contributed by atoms with Gasteiger partial charge >= 0.3 is 0 Å². The minimum absolute atomic E-state index is 0.0685. The van der Waals surface area contributed by atoms with E-state index in [1.165, 1.54) is 0 Å². The first-order chi connectivity index (χ1) is 33.0. The first-order valence-electron chi connectivity index (χ1n) is 22.6. The third-order valence-electron chi connectivity index (χ3n) is 11.5. The van der Waals surface area contributed by atoms with Crippen LogP contribution in [-0.2, 0) is 39.0 Å². The van der Waals surface area contributed by atoms with Crippen LogP contribution in [0.2, 0.25) is 20.1 Å². The van der Waals surface area contributed by atoms with E-state index in [0.717, 1.165) is 24.0 Å². The average molecular weight is 993 g/mol. The van der Waals surface area contributed by atoms with Crippen molar-refractivity contribution in [3.05, 3.63) is 185 Å². The molecular formula is C54H54Cl4N6O4. The SMILES string of the molecule is Oc1c2cc(Cl)cc1CN(CCc1ccccc1)Cc1cc(Cl)cc(c1O)C=NCCCN=Cc1cc(Cl)cc(c1O)CN(CCc1ccccc1)Cc1cc(Cl)cc(c1O)C=NCCCN=C2. The van der Waals surface area contributed by atoms with Gasteiger partial charge in [0.2, 0.25) is 0 Å². The van der Waals surface area contributed by atoms with Gasteiger partial charge in [-0.25, -0.2) is 0 Å². The van der Waals surface area contributed by atoms with Gasteiger partial charge in [0.1, 0.15) is 23.0 Å². The summed E-state index contributed by atoms with van der Waals surface area (Å²) in [5.41, 5.74) is 6.69. The number of aromatic hydroxyl groups is 4. The highest BCUT2D eigenvalue weighted by atomic mass is 35.5. The van der Waals surface area contributed by atoms with Crippen molar-refractivity contribution >= 4 is 71.3 Å². The van der Waals surface area contributed by atoms with E-state index in [1.54, 1.807) is 73.4 Å². The Morgan fingerprint density at radius 2 is 0.647 bits per heavy atom. The van der Waals surface area contributed by atoms with E-state index in [0.29, 0.717) is 143 Å². The van der Waals surface area contributed by atoms with Crippen molar-refractivity contribution in [3.8, 4) is 23.0 Å². The van der Waals surface area contributed by atoms with Crippen molar-refractivity contribution < 1.29 is 20.4 Å². The molecule has 1 aliphatic heterocycles. The quantitative estimate of drug-likeness (QED) is 0.131. The Balaban J connectivity index is 1.17. The molecule has 0 saturated heterocycles. The predicted molar refractivity (Wildman–Crippen MR) is 280 cm³/mol. The van der Waals surface area contributed by atoms with E-state index in [1.807, 2.05) is 36.4 Å². The number of fused-ring (bicyclic) bond motifs is 8. The Bertz CT molecular complexity index is 2440. The Morgan fingerprint density at radius 3 is 0.912 bits per heavy atom. The molecule has 0 radical (unpaired) electrons. The Labute approximate surface area is 418 Å². The van der Waals surface area contributed by atoms with Crippen LogP contribution in [0.4, 0.5) is 0 Å². The van der Waals surface area contributed by atoms with Crippen molar-refractivity contribution in [2.45, 2.75) is 51.9 Å². The summed E-state index contributed by atoms with van der Waals surface area (Å²) in [5.74, 6) is 0.274. The second-order valence-electron chi connectivity index (χ2n) is 16.8. The Kier molecular flexibility index (Phi) is 18.5. The van der Waals surface area contributed by atoms with Crippen LogP contribution in [-0.4, -0.2) is 94.4 Å². The van der Waals surface area contributed by atoms with E-state index in [9.17, 15) is 20.4 Å². The van der Waals surface area contributed by atoms with Crippen LogP contribution in [0.25, 0.3) is 0 Å². The van der Waals surface area contributed by atoms with Crippen LogP contribution in [0.15, 0.2) is 129 Å². The highest BCUT2D eigenvalue weighted by molar-refractivity contribution is 6.32. The smallest absolute Gasteiger partial charge is 0.128 e. The van der Waals surface area contributed by atoms with Gasteiger partial charge in [-0.3, -0.25) is 29.8 Å². The van der Waals surface area contributed by atoms with Gasteiger partial charge in [0, 0.05) is 155 Å². The molecule has 1 aliphatic rings. The topological polar surface area (TPSA) is 137 Å². The maximum Gasteiger partial charge on any atom is 0.128 e. The number of phenolic OH excluding ortho intramolecular Hbond substituents is 4. The molecule has 0 saturated carbocycles. The first kappa shape index (κ1) is 50.2. The fraction of sp³-hybridized carbons (Fsp3) is 0.259. The predicted octanol–water partition coefficient (Wildman–Crippen LogP) is 11.8. The number of phenols is 4. The fourth-order valence-corrected chi connectivity index (χ4v) is 9.00. The van der Waals surface area contributed by atoms with E-state index in [2.05, 4.69) is 54.0 Å². The van der Waals surface area contributed by atoms with Gasteiger partial charge in [-0.2, -0.15) is 0 Å². The van der Waals surface area contributed by atoms with E-state index in [-0.39, 0.29) is 23.0 Å². The van der Waals surface area contributed by atoms with E-state index in [4.69, 9.17) is 46.4 Å². The second kappa shape index (κ2) is 25.1. The highest BCUT2D eigenvalue weighted by Gasteiger charge is 2.19. The van der Waals surface area contributed by atoms with Crippen LogP contribution in [0.1, 0.15) is 68.5 Å². The minimum Gasteiger partial charge on any atom is -0.507 e. The van der Waals surface area contributed by atoms with Crippen molar-refractivity contribution in [1.29, 1.82) is 0 Å². The summed E-state index contributed by atoms with van der Waals surface area (Å²) in [7, 11) is 0. The molecule has 0 fully saturated rings. The molecule has 4 N–H and O–H groups in total. The van der Waals surface area contributed by atoms with Gasteiger partial charge in [-0.05, 0) is 85.3 Å². The number of benzene rings is 6. The second-order valence-corrected chi connectivity index (χ2v) is 18.5. The molecule has 0 amide bonds. The number of hydrogen-bond donors (Lipinski definition) is 4. The lowest BCUT2D eigenvalue weighted by atomic mass is 10.1. The molecule has 0 aliphatic carbocycles. The third-order valence-corrected chi connectivity index (χ3v) is 12.4. The summed E-state index contributed by atoms with van der Waals surface area (Å²) in [6.45, 7) is 4.19. The summed E-state index contributed by atoms with van der Waals surface area (Å²) in [4.78, 5) is 22.6. The zero-order valence-electron chi connectivity index (χ0n) is 37.6. The van der Waals surface area contributed by atoms with Gasteiger partial charge in [0.15, 0.2) is 0 Å². The minimum atomic E-state index is 0.0685. The van der Waals surface area contributed by atoms with Gasteiger partial charge in [0.25, 0.3) is 0 Å². The lowest BCUT2D eigenvalue weighted by molar-refractivity contribution is 0.253. The molecule has 8 bridgehead atoms.